The molecule has 0 saturated carbocycles. The van der Waals surface area contributed by atoms with Crippen LogP contribution in [0.2, 0.25) is 0 Å². The molecule has 0 radical (unpaired) electrons. The summed E-state index contributed by atoms with van der Waals surface area (Å²) in [4.78, 5) is 2.26. The highest BCUT2D eigenvalue weighted by Gasteiger charge is 2.30. The van der Waals surface area contributed by atoms with Gasteiger partial charge in [0.15, 0.2) is 0 Å². The van der Waals surface area contributed by atoms with Crippen molar-refractivity contribution >= 4 is 5.69 Å². The number of anilines is 1. The summed E-state index contributed by atoms with van der Waals surface area (Å²) >= 11 is 0. The minimum absolute atomic E-state index is 0.132. The summed E-state index contributed by atoms with van der Waals surface area (Å²) in [5, 5.41) is 13.8. The fourth-order valence-corrected chi connectivity index (χ4v) is 4.01. The molecule has 2 aromatic carbocycles. The van der Waals surface area contributed by atoms with Crippen LogP contribution in [0.4, 0.5) is 10.1 Å². The molecular weight excluding hydrogens is 303 g/mol. The monoisotopic (exact) mass is 326 g/mol. The maximum Gasteiger partial charge on any atom is 0.129 e. The Balaban J connectivity index is 1.56. The quantitative estimate of drug-likeness (QED) is 0.906. The van der Waals surface area contributed by atoms with E-state index in [-0.39, 0.29) is 11.9 Å². The molecule has 1 aliphatic heterocycles. The van der Waals surface area contributed by atoms with Crippen LogP contribution in [-0.2, 0) is 13.0 Å². The number of rotatable bonds is 4. The predicted octanol–water partition coefficient (Wildman–Crippen LogP) is 3.17. The van der Waals surface area contributed by atoms with Crippen LogP contribution in [0.1, 0.15) is 35.6 Å². The van der Waals surface area contributed by atoms with Crippen LogP contribution in [-0.4, -0.2) is 24.3 Å². The van der Waals surface area contributed by atoms with Gasteiger partial charge in [0, 0.05) is 37.3 Å². The van der Waals surface area contributed by atoms with Gasteiger partial charge in [0.1, 0.15) is 5.82 Å². The molecule has 1 heterocycles. The van der Waals surface area contributed by atoms with Gasteiger partial charge >= 0.3 is 0 Å². The van der Waals surface area contributed by atoms with E-state index < -0.39 is 6.10 Å². The van der Waals surface area contributed by atoms with Crippen LogP contribution in [0.5, 0.6) is 0 Å². The van der Waals surface area contributed by atoms with Crippen molar-refractivity contribution in [2.75, 3.05) is 18.0 Å². The maximum absolute atomic E-state index is 14.4. The summed E-state index contributed by atoms with van der Waals surface area (Å²) in [5.41, 5.74) is 4.00. The second-order valence-electron chi connectivity index (χ2n) is 6.76. The van der Waals surface area contributed by atoms with Gasteiger partial charge in [-0.15, -0.1) is 0 Å². The van der Waals surface area contributed by atoms with E-state index in [4.69, 9.17) is 0 Å². The van der Waals surface area contributed by atoms with Crippen molar-refractivity contribution in [2.24, 2.45) is 0 Å². The molecule has 126 valence electrons. The molecule has 0 aromatic heterocycles. The summed E-state index contributed by atoms with van der Waals surface area (Å²) < 4.78 is 14.4. The molecule has 0 bridgehead atoms. The number of hydrogen-bond acceptors (Lipinski definition) is 3. The molecule has 2 aromatic rings. The van der Waals surface area contributed by atoms with Crippen molar-refractivity contribution in [3.8, 4) is 0 Å². The normalized spacial score (nSPS) is 22.8. The Morgan fingerprint density at radius 1 is 1.08 bits per heavy atom. The standard InChI is InChI=1S/C20H23FN2O/c21-17-8-5-9-18(23-10-3-4-11-23)16(17)13-22-20-15-7-2-1-6-14(15)12-19(20)24/h1-2,5-9,19-20,22,24H,3-4,10-13H2/t19-,20+/m0/s1. The van der Waals surface area contributed by atoms with Crippen LogP contribution < -0.4 is 10.2 Å². The highest BCUT2D eigenvalue weighted by molar-refractivity contribution is 5.55. The number of aliphatic hydroxyl groups excluding tert-OH is 1. The van der Waals surface area contributed by atoms with E-state index in [0.717, 1.165) is 37.2 Å². The lowest BCUT2D eigenvalue weighted by atomic mass is 10.1. The average Bonchev–Trinajstić information content (AvgIpc) is 3.21. The van der Waals surface area contributed by atoms with E-state index >= 15 is 0 Å². The van der Waals surface area contributed by atoms with E-state index in [1.807, 2.05) is 24.3 Å². The van der Waals surface area contributed by atoms with E-state index in [1.54, 1.807) is 6.07 Å². The molecule has 2 aliphatic rings. The zero-order valence-corrected chi connectivity index (χ0v) is 13.7. The Morgan fingerprint density at radius 3 is 2.71 bits per heavy atom. The van der Waals surface area contributed by atoms with Gasteiger partial charge in [-0.25, -0.2) is 4.39 Å². The second kappa shape index (κ2) is 6.54. The first kappa shape index (κ1) is 15.6. The van der Waals surface area contributed by atoms with Crippen molar-refractivity contribution in [1.29, 1.82) is 0 Å². The Kier molecular flexibility index (Phi) is 4.25. The lowest BCUT2D eigenvalue weighted by Gasteiger charge is -2.24. The molecular formula is C20H23FN2O. The van der Waals surface area contributed by atoms with Crippen LogP contribution >= 0.6 is 0 Å². The van der Waals surface area contributed by atoms with Gasteiger partial charge in [-0.2, -0.15) is 0 Å². The van der Waals surface area contributed by atoms with Crippen molar-refractivity contribution in [3.63, 3.8) is 0 Å². The highest BCUT2D eigenvalue weighted by atomic mass is 19.1. The number of fused-ring (bicyclic) bond motifs is 1. The Bertz CT molecular complexity index is 727. The second-order valence-corrected chi connectivity index (χ2v) is 6.76. The topological polar surface area (TPSA) is 35.5 Å². The Morgan fingerprint density at radius 2 is 1.88 bits per heavy atom. The van der Waals surface area contributed by atoms with Gasteiger partial charge in [0.2, 0.25) is 0 Å². The van der Waals surface area contributed by atoms with Crippen molar-refractivity contribution in [3.05, 3.63) is 65.0 Å². The first-order valence-electron chi connectivity index (χ1n) is 8.75. The summed E-state index contributed by atoms with van der Waals surface area (Å²) in [7, 11) is 0. The number of aliphatic hydroxyl groups is 1. The average molecular weight is 326 g/mol. The molecule has 2 N–H and O–H groups in total. The third kappa shape index (κ3) is 2.80. The third-order valence-electron chi connectivity index (χ3n) is 5.24. The van der Waals surface area contributed by atoms with E-state index in [9.17, 15) is 9.50 Å². The van der Waals surface area contributed by atoms with Gasteiger partial charge in [-0.1, -0.05) is 30.3 Å². The molecule has 4 rings (SSSR count). The minimum Gasteiger partial charge on any atom is -0.391 e. The summed E-state index contributed by atoms with van der Waals surface area (Å²) in [5.74, 6) is -0.173. The van der Waals surface area contributed by atoms with Crippen molar-refractivity contribution in [2.45, 2.75) is 38.0 Å². The molecule has 24 heavy (non-hydrogen) atoms. The largest absolute Gasteiger partial charge is 0.391 e. The van der Waals surface area contributed by atoms with Gasteiger partial charge in [-0.05, 0) is 36.1 Å². The molecule has 3 nitrogen and oxygen atoms in total. The Labute approximate surface area is 142 Å². The molecule has 4 heteroatoms. The Hall–Kier alpha value is -1.91. The SMILES string of the molecule is O[C@H]1Cc2ccccc2[C@H]1NCc1c(F)cccc1N1CCCC1. The number of benzene rings is 2. The minimum atomic E-state index is -0.454. The molecule has 2 atom stereocenters. The van der Waals surface area contributed by atoms with E-state index in [1.165, 1.54) is 11.6 Å². The van der Waals surface area contributed by atoms with Crippen LogP contribution in [0.25, 0.3) is 0 Å². The number of hydrogen-bond donors (Lipinski definition) is 2. The van der Waals surface area contributed by atoms with Gasteiger partial charge < -0.3 is 15.3 Å². The summed E-state index contributed by atoms with van der Waals surface area (Å²) in [6, 6.07) is 13.3. The molecule has 0 spiro atoms. The van der Waals surface area contributed by atoms with E-state index in [2.05, 4.69) is 16.3 Å². The lowest BCUT2D eigenvalue weighted by molar-refractivity contribution is 0.140. The van der Waals surface area contributed by atoms with Crippen molar-refractivity contribution < 1.29 is 9.50 Å². The zero-order chi connectivity index (χ0) is 16.5. The number of halogens is 1. The third-order valence-corrected chi connectivity index (χ3v) is 5.24. The molecule has 1 saturated heterocycles. The number of nitrogens with zero attached hydrogens (tertiary/aromatic N) is 1. The van der Waals surface area contributed by atoms with Crippen LogP contribution in [0, 0.1) is 5.82 Å². The fourth-order valence-electron chi connectivity index (χ4n) is 4.01. The summed E-state index contributed by atoms with van der Waals surface area (Å²) in [6.45, 7) is 2.41. The molecule has 1 aliphatic carbocycles. The van der Waals surface area contributed by atoms with Crippen LogP contribution in [0.15, 0.2) is 42.5 Å². The molecule has 0 unspecified atom stereocenters. The maximum atomic E-state index is 14.4. The van der Waals surface area contributed by atoms with Gasteiger partial charge in [-0.3, -0.25) is 0 Å². The van der Waals surface area contributed by atoms with Gasteiger partial charge in [0.25, 0.3) is 0 Å². The highest BCUT2D eigenvalue weighted by Crippen LogP contribution is 2.33. The molecule has 1 fully saturated rings. The first-order chi connectivity index (χ1) is 11.7. The fraction of sp³-hybridized carbons (Fsp3) is 0.400. The van der Waals surface area contributed by atoms with Crippen LogP contribution in [0.3, 0.4) is 0 Å². The van der Waals surface area contributed by atoms with E-state index in [0.29, 0.717) is 18.5 Å². The smallest absolute Gasteiger partial charge is 0.129 e. The first-order valence-corrected chi connectivity index (χ1v) is 8.75. The molecule has 0 amide bonds. The number of nitrogens with one attached hydrogen (secondary N) is 1. The predicted molar refractivity (Wildman–Crippen MR) is 93.6 cm³/mol. The zero-order valence-electron chi connectivity index (χ0n) is 13.7. The van der Waals surface area contributed by atoms with Crippen molar-refractivity contribution in [1.82, 2.24) is 5.32 Å². The summed E-state index contributed by atoms with van der Waals surface area (Å²) in [6.07, 6.45) is 2.53. The van der Waals surface area contributed by atoms with Gasteiger partial charge in [0.05, 0.1) is 12.1 Å². The lowest BCUT2D eigenvalue weighted by Crippen LogP contribution is -2.30.